The first kappa shape index (κ1) is 13.8. The number of β-amino-alcohol motifs (C(OH)–C–C–N with tert-alkyl or cyclic N) is 1. The zero-order valence-corrected chi connectivity index (χ0v) is 11.1. The van der Waals surface area contributed by atoms with Gasteiger partial charge < -0.3 is 19.9 Å². The van der Waals surface area contributed by atoms with Gasteiger partial charge in [-0.3, -0.25) is 4.79 Å². The highest BCUT2D eigenvalue weighted by Gasteiger charge is 2.37. The fourth-order valence-electron chi connectivity index (χ4n) is 2.33. The number of hydrogen-bond donors (Lipinski definition) is 2. The lowest BCUT2D eigenvalue weighted by Gasteiger charge is -2.21. The van der Waals surface area contributed by atoms with Crippen LogP contribution in [0.2, 0.25) is 0 Å². The number of aliphatic hydroxyl groups excluding tert-OH is 1. The van der Waals surface area contributed by atoms with Crippen molar-refractivity contribution in [1.82, 2.24) is 5.32 Å². The molecule has 0 spiro atoms. The number of aliphatic hydroxyl groups is 1. The fourth-order valence-corrected chi connectivity index (χ4v) is 2.33. The molecular weight excluding hydrogens is 246 g/mol. The van der Waals surface area contributed by atoms with Crippen LogP contribution in [0.1, 0.15) is 12.5 Å². The lowest BCUT2D eigenvalue weighted by molar-refractivity contribution is -0.151. The van der Waals surface area contributed by atoms with E-state index in [2.05, 4.69) is 5.32 Å². The van der Waals surface area contributed by atoms with E-state index in [1.807, 2.05) is 24.3 Å². The van der Waals surface area contributed by atoms with Crippen LogP contribution in [0.4, 0.5) is 0 Å². The van der Waals surface area contributed by atoms with Gasteiger partial charge >= 0.3 is 5.97 Å². The molecule has 5 heteroatoms. The van der Waals surface area contributed by atoms with Crippen LogP contribution < -0.4 is 10.1 Å². The number of esters is 1. The molecule has 0 bridgehead atoms. The number of benzene rings is 1. The maximum absolute atomic E-state index is 11.0. The molecule has 1 heterocycles. The molecule has 0 aliphatic carbocycles. The third-order valence-electron chi connectivity index (χ3n) is 3.28. The summed E-state index contributed by atoms with van der Waals surface area (Å²) < 4.78 is 10.3. The normalized spacial score (nSPS) is 26.2. The fraction of sp³-hybridized carbons (Fsp3) is 0.500. The Kier molecular flexibility index (Phi) is 4.39. The Bertz CT molecular complexity index is 432. The second kappa shape index (κ2) is 6.04. The minimum Gasteiger partial charge on any atom is -0.497 e. The molecule has 1 aliphatic heterocycles. The third kappa shape index (κ3) is 3.45. The number of methoxy groups -OCH3 is 1. The molecule has 1 saturated heterocycles. The van der Waals surface area contributed by atoms with Crippen molar-refractivity contribution in [2.75, 3.05) is 13.7 Å². The summed E-state index contributed by atoms with van der Waals surface area (Å²) in [4.78, 5) is 11.0. The molecule has 2 N–H and O–H groups in total. The standard InChI is InChI=1S/C14H19NO4/c1-9(16)19-14-12(15-8-13(14)17)7-10-3-5-11(18-2)6-4-10/h3-6,12-15,17H,7-8H2,1-2H3/t12?,13-,14-/m0/s1. The summed E-state index contributed by atoms with van der Waals surface area (Å²) in [5.74, 6) is 0.437. The Morgan fingerprint density at radius 2 is 2.11 bits per heavy atom. The Balaban J connectivity index is 2.02. The summed E-state index contributed by atoms with van der Waals surface area (Å²) >= 11 is 0. The van der Waals surface area contributed by atoms with Gasteiger partial charge in [-0.05, 0) is 24.1 Å². The molecule has 19 heavy (non-hydrogen) atoms. The number of carbonyl (C=O) groups is 1. The van der Waals surface area contributed by atoms with E-state index in [9.17, 15) is 9.90 Å². The van der Waals surface area contributed by atoms with Crippen molar-refractivity contribution in [3.63, 3.8) is 0 Å². The van der Waals surface area contributed by atoms with Crippen LogP contribution in [0.5, 0.6) is 5.75 Å². The van der Waals surface area contributed by atoms with Gasteiger partial charge in [0.05, 0.1) is 13.2 Å². The highest BCUT2D eigenvalue weighted by Crippen LogP contribution is 2.19. The molecule has 0 amide bonds. The molecule has 0 aromatic heterocycles. The molecule has 5 nitrogen and oxygen atoms in total. The van der Waals surface area contributed by atoms with Gasteiger partial charge in [-0.25, -0.2) is 0 Å². The van der Waals surface area contributed by atoms with Gasteiger partial charge in [-0.2, -0.15) is 0 Å². The van der Waals surface area contributed by atoms with E-state index in [4.69, 9.17) is 9.47 Å². The van der Waals surface area contributed by atoms with Gasteiger partial charge in [0.25, 0.3) is 0 Å². The predicted molar refractivity (Wildman–Crippen MR) is 70.0 cm³/mol. The lowest BCUT2D eigenvalue weighted by atomic mass is 10.0. The SMILES string of the molecule is COc1ccc(CC2NC[C@H](O)[C@H]2OC(C)=O)cc1. The topological polar surface area (TPSA) is 67.8 Å². The van der Waals surface area contributed by atoms with Crippen molar-refractivity contribution in [2.24, 2.45) is 0 Å². The number of rotatable bonds is 4. The maximum Gasteiger partial charge on any atom is 0.303 e. The quantitative estimate of drug-likeness (QED) is 0.776. The van der Waals surface area contributed by atoms with Gasteiger partial charge in [-0.1, -0.05) is 12.1 Å². The summed E-state index contributed by atoms with van der Waals surface area (Å²) in [6.45, 7) is 1.80. The molecule has 1 aliphatic rings. The van der Waals surface area contributed by atoms with Crippen molar-refractivity contribution in [3.8, 4) is 5.75 Å². The summed E-state index contributed by atoms with van der Waals surface area (Å²) in [5.41, 5.74) is 1.10. The van der Waals surface area contributed by atoms with E-state index in [-0.39, 0.29) is 12.0 Å². The second-order valence-electron chi connectivity index (χ2n) is 4.71. The van der Waals surface area contributed by atoms with Crippen molar-refractivity contribution in [3.05, 3.63) is 29.8 Å². The number of nitrogens with one attached hydrogen (secondary N) is 1. The number of ether oxygens (including phenoxy) is 2. The van der Waals surface area contributed by atoms with Crippen molar-refractivity contribution in [2.45, 2.75) is 31.6 Å². The van der Waals surface area contributed by atoms with Crippen molar-refractivity contribution >= 4 is 5.97 Å². The van der Waals surface area contributed by atoms with E-state index in [1.54, 1.807) is 7.11 Å². The molecule has 1 aromatic carbocycles. The molecule has 1 fully saturated rings. The van der Waals surface area contributed by atoms with Gasteiger partial charge in [-0.15, -0.1) is 0 Å². The number of hydrogen-bond acceptors (Lipinski definition) is 5. The van der Waals surface area contributed by atoms with Crippen molar-refractivity contribution in [1.29, 1.82) is 0 Å². The second-order valence-corrected chi connectivity index (χ2v) is 4.71. The van der Waals surface area contributed by atoms with Crippen LogP contribution in [0, 0.1) is 0 Å². The van der Waals surface area contributed by atoms with Crippen LogP contribution >= 0.6 is 0 Å². The molecule has 2 rings (SSSR count). The number of carbonyl (C=O) groups excluding carboxylic acids is 1. The van der Waals surface area contributed by atoms with Crippen LogP contribution in [0.3, 0.4) is 0 Å². The molecule has 104 valence electrons. The monoisotopic (exact) mass is 265 g/mol. The Morgan fingerprint density at radius 1 is 1.42 bits per heavy atom. The van der Waals surface area contributed by atoms with E-state index in [0.29, 0.717) is 13.0 Å². The maximum atomic E-state index is 11.0. The zero-order chi connectivity index (χ0) is 13.8. The van der Waals surface area contributed by atoms with Crippen LogP contribution in [0.25, 0.3) is 0 Å². The minimum atomic E-state index is -0.646. The smallest absolute Gasteiger partial charge is 0.303 e. The van der Waals surface area contributed by atoms with Crippen LogP contribution in [-0.4, -0.2) is 43.0 Å². The van der Waals surface area contributed by atoms with E-state index >= 15 is 0 Å². The molecule has 1 unspecified atom stereocenters. The Hall–Kier alpha value is -1.59. The average molecular weight is 265 g/mol. The molecule has 0 radical (unpaired) electrons. The summed E-state index contributed by atoms with van der Waals surface area (Å²) in [6, 6.07) is 7.65. The first-order valence-corrected chi connectivity index (χ1v) is 6.31. The van der Waals surface area contributed by atoms with Gasteiger partial charge in [0.2, 0.25) is 0 Å². The van der Waals surface area contributed by atoms with Crippen molar-refractivity contribution < 1.29 is 19.4 Å². The lowest BCUT2D eigenvalue weighted by Crippen LogP contribution is -2.38. The van der Waals surface area contributed by atoms with Crippen LogP contribution in [0.15, 0.2) is 24.3 Å². The highest BCUT2D eigenvalue weighted by molar-refractivity contribution is 5.66. The molecule has 0 saturated carbocycles. The largest absolute Gasteiger partial charge is 0.497 e. The molecule has 3 atom stereocenters. The average Bonchev–Trinajstić information content (AvgIpc) is 2.72. The van der Waals surface area contributed by atoms with Crippen LogP contribution in [-0.2, 0) is 16.0 Å². The first-order chi connectivity index (χ1) is 9.10. The summed E-state index contributed by atoms with van der Waals surface area (Å²) in [7, 11) is 1.63. The highest BCUT2D eigenvalue weighted by atomic mass is 16.6. The molecule has 1 aromatic rings. The van der Waals surface area contributed by atoms with E-state index in [1.165, 1.54) is 6.92 Å². The summed E-state index contributed by atoms with van der Waals surface area (Å²) in [6.07, 6.45) is -0.439. The summed E-state index contributed by atoms with van der Waals surface area (Å²) in [5, 5.41) is 13.0. The molecular formula is C14H19NO4. The van der Waals surface area contributed by atoms with Gasteiger partial charge in [0.1, 0.15) is 18.0 Å². The van der Waals surface area contributed by atoms with Gasteiger partial charge in [0, 0.05) is 13.5 Å². The first-order valence-electron chi connectivity index (χ1n) is 6.31. The minimum absolute atomic E-state index is 0.0627. The van der Waals surface area contributed by atoms with E-state index in [0.717, 1.165) is 11.3 Å². The Labute approximate surface area is 112 Å². The Morgan fingerprint density at radius 3 is 2.68 bits per heavy atom. The third-order valence-corrected chi connectivity index (χ3v) is 3.28. The van der Waals surface area contributed by atoms with Gasteiger partial charge in [0.15, 0.2) is 0 Å². The zero-order valence-electron chi connectivity index (χ0n) is 11.1. The predicted octanol–water partition coefficient (Wildman–Crippen LogP) is 0.502. The van der Waals surface area contributed by atoms with E-state index < -0.39 is 12.2 Å².